The number of nitrogens with zero attached hydrogens (tertiary/aromatic N) is 2. The van der Waals surface area contributed by atoms with E-state index in [4.69, 9.17) is 4.74 Å². The van der Waals surface area contributed by atoms with Crippen LogP contribution >= 0.6 is 0 Å². The van der Waals surface area contributed by atoms with Gasteiger partial charge in [-0.2, -0.15) is 4.72 Å². The molecule has 2 aromatic carbocycles. The van der Waals surface area contributed by atoms with Crippen molar-refractivity contribution in [2.75, 3.05) is 7.11 Å². The fraction of sp³-hybridized carbons (Fsp3) is 0.286. The van der Waals surface area contributed by atoms with Crippen molar-refractivity contribution in [3.8, 4) is 5.75 Å². The number of benzene rings is 2. The van der Waals surface area contributed by atoms with Gasteiger partial charge in [0.25, 0.3) is 0 Å². The highest BCUT2D eigenvalue weighted by atomic mass is 32.2. The van der Waals surface area contributed by atoms with Crippen LogP contribution < -0.4 is 9.46 Å². The molecule has 0 amide bonds. The SMILES string of the molecule is CCCc1ccc(S(=O)(=O)NC(c2ccc(OC)cc2)c2nccn2C)cc1. The van der Waals surface area contributed by atoms with Gasteiger partial charge in [-0.05, 0) is 41.8 Å². The lowest BCUT2D eigenvalue weighted by molar-refractivity contribution is 0.414. The lowest BCUT2D eigenvalue weighted by Crippen LogP contribution is -2.31. The lowest BCUT2D eigenvalue weighted by Gasteiger charge is -2.19. The number of sulfonamides is 1. The molecule has 0 radical (unpaired) electrons. The highest BCUT2D eigenvalue weighted by molar-refractivity contribution is 7.89. The third kappa shape index (κ3) is 4.43. The maximum Gasteiger partial charge on any atom is 0.241 e. The third-order valence-corrected chi connectivity index (χ3v) is 6.05. The fourth-order valence-corrected chi connectivity index (χ4v) is 4.25. The number of imidazole rings is 1. The van der Waals surface area contributed by atoms with E-state index in [-0.39, 0.29) is 4.90 Å². The molecule has 1 atom stereocenters. The van der Waals surface area contributed by atoms with Crippen LogP contribution in [-0.2, 0) is 23.5 Å². The molecule has 0 bridgehead atoms. The first-order valence-electron chi connectivity index (χ1n) is 9.17. The summed E-state index contributed by atoms with van der Waals surface area (Å²) in [5.74, 6) is 1.31. The molecule has 0 saturated heterocycles. The van der Waals surface area contributed by atoms with E-state index in [1.165, 1.54) is 0 Å². The molecule has 28 heavy (non-hydrogen) atoms. The Hall–Kier alpha value is -2.64. The minimum atomic E-state index is -3.73. The summed E-state index contributed by atoms with van der Waals surface area (Å²) in [6.45, 7) is 2.10. The Morgan fingerprint density at radius 1 is 1.11 bits per heavy atom. The molecule has 0 aliphatic rings. The Bertz CT molecular complexity index is 1010. The summed E-state index contributed by atoms with van der Waals surface area (Å²) in [7, 11) is -0.299. The standard InChI is InChI=1S/C21H25N3O3S/c1-4-5-16-6-12-19(13-7-16)28(25,26)23-20(21-22-14-15-24(21)2)17-8-10-18(27-3)11-9-17/h6-15,20,23H,4-5H2,1-3H3. The smallest absolute Gasteiger partial charge is 0.241 e. The van der Waals surface area contributed by atoms with Crippen LogP contribution in [0.2, 0.25) is 0 Å². The number of ether oxygens (including phenoxy) is 1. The molecule has 0 spiro atoms. The summed E-state index contributed by atoms with van der Waals surface area (Å²) < 4.78 is 35.9. The van der Waals surface area contributed by atoms with Gasteiger partial charge in [0.05, 0.1) is 12.0 Å². The molecule has 0 saturated carbocycles. The first kappa shape index (κ1) is 20.1. The zero-order valence-electron chi connectivity index (χ0n) is 16.3. The molecule has 0 aliphatic carbocycles. The largest absolute Gasteiger partial charge is 0.497 e. The van der Waals surface area contributed by atoms with Gasteiger partial charge >= 0.3 is 0 Å². The van der Waals surface area contributed by atoms with Gasteiger partial charge in [0.2, 0.25) is 10.0 Å². The van der Waals surface area contributed by atoms with E-state index in [0.717, 1.165) is 24.0 Å². The van der Waals surface area contributed by atoms with Gasteiger partial charge in [0.1, 0.15) is 17.6 Å². The number of rotatable bonds is 8. The number of hydrogen-bond donors (Lipinski definition) is 1. The summed E-state index contributed by atoms with van der Waals surface area (Å²) in [6.07, 6.45) is 5.39. The summed E-state index contributed by atoms with van der Waals surface area (Å²) in [6, 6.07) is 13.7. The van der Waals surface area contributed by atoms with Gasteiger partial charge in [-0.15, -0.1) is 0 Å². The number of aryl methyl sites for hydroxylation is 2. The topological polar surface area (TPSA) is 73.2 Å². The van der Waals surface area contributed by atoms with E-state index in [1.54, 1.807) is 43.8 Å². The predicted octanol–water partition coefficient (Wildman–Crippen LogP) is 3.45. The first-order valence-corrected chi connectivity index (χ1v) is 10.7. The van der Waals surface area contributed by atoms with Crippen molar-refractivity contribution in [3.63, 3.8) is 0 Å². The van der Waals surface area contributed by atoms with Gasteiger partial charge in [-0.1, -0.05) is 37.6 Å². The minimum Gasteiger partial charge on any atom is -0.497 e. The van der Waals surface area contributed by atoms with Crippen molar-refractivity contribution < 1.29 is 13.2 Å². The van der Waals surface area contributed by atoms with Crippen LogP contribution in [0.5, 0.6) is 5.75 Å². The van der Waals surface area contributed by atoms with Crippen molar-refractivity contribution >= 4 is 10.0 Å². The van der Waals surface area contributed by atoms with E-state index in [2.05, 4.69) is 16.6 Å². The van der Waals surface area contributed by atoms with Gasteiger partial charge in [-0.25, -0.2) is 13.4 Å². The van der Waals surface area contributed by atoms with Gasteiger partial charge in [-0.3, -0.25) is 0 Å². The van der Waals surface area contributed by atoms with Crippen LogP contribution in [0.25, 0.3) is 0 Å². The minimum absolute atomic E-state index is 0.236. The Morgan fingerprint density at radius 2 is 1.79 bits per heavy atom. The van der Waals surface area contributed by atoms with Crippen molar-refractivity contribution in [3.05, 3.63) is 77.9 Å². The van der Waals surface area contributed by atoms with Gasteiger partial charge in [0.15, 0.2) is 0 Å². The monoisotopic (exact) mass is 399 g/mol. The molecule has 1 N–H and O–H groups in total. The summed E-state index contributed by atoms with van der Waals surface area (Å²) in [5.41, 5.74) is 1.90. The van der Waals surface area contributed by atoms with Crippen LogP contribution in [-0.4, -0.2) is 25.1 Å². The van der Waals surface area contributed by atoms with Crippen molar-refractivity contribution in [1.29, 1.82) is 0 Å². The normalized spacial score (nSPS) is 12.7. The van der Waals surface area contributed by atoms with Crippen LogP contribution in [0.4, 0.5) is 0 Å². The van der Waals surface area contributed by atoms with Gasteiger partial charge < -0.3 is 9.30 Å². The molecular formula is C21H25N3O3S. The maximum atomic E-state index is 13.0. The second-order valence-corrected chi connectivity index (χ2v) is 8.33. The predicted molar refractivity (Wildman–Crippen MR) is 109 cm³/mol. The third-order valence-electron chi connectivity index (χ3n) is 4.61. The zero-order chi connectivity index (χ0) is 20.1. The van der Waals surface area contributed by atoms with Crippen LogP contribution in [0.3, 0.4) is 0 Å². The number of hydrogen-bond acceptors (Lipinski definition) is 4. The van der Waals surface area contributed by atoms with Crippen molar-refractivity contribution in [2.24, 2.45) is 7.05 Å². The Balaban J connectivity index is 1.95. The summed E-state index contributed by atoms with van der Waals surface area (Å²) >= 11 is 0. The van der Waals surface area contributed by atoms with E-state index in [1.807, 2.05) is 35.9 Å². The average molecular weight is 400 g/mol. The number of methoxy groups -OCH3 is 1. The van der Waals surface area contributed by atoms with Crippen LogP contribution in [0.15, 0.2) is 65.8 Å². The summed E-state index contributed by atoms with van der Waals surface area (Å²) in [5, 5.41) is 0. The van der Waals surface area contributed by atoms with Crippen molar-refractivity contribution in [1.82, 2.24) is 14.3 Å². The molecule has 1 aromatic heterocycles. The Labute approximate surface area is 166 Å². The Morgan fingerprint density at radius 3 is 2.32 bits per heavy atom. The zero-order valence-corrected chi connectivity index (χ0v) is 17.1. The van der Waals surface area contributed by atoms with E-state index in [0.29, 0.717) is 11.6 Å². The fourth-order valence-electron chi connectivity index (χ4n) is 3.07. The second kappa shape index (κ2) is 8.58. The van der Waals surface area contributed by atoms with E-state index < -0.39 is 16.1 Å². The maximum absolute atomic E-state index is 13.0. The number of nitrogens with one attached hydrogen (secondary N) is 1. The number of aromatic nitrogens is 2. The average Bonchev–Trinajstić information content (AvgIpc) is 3.13. The van der Waals surface area contributed by atoms with Crippen molar-refractivity contribution in [2.45, 2.75) is 30.7 Å². The molecule has 3 rings (SSSR count). The molecule has 0 fully saturated rings. The van der Waals surface area contributed by atoms with E-state index in [9.17, 15) is 8.42 Å². The summed E-state index contributed by atoms with van der Waals surface area (Å²) in [4.78, 5) is 4.59. The van der Waals surface area contributed by atoms with Crippen LogP contribution in [0, 0.1) is 0 Å². The molecule has 148 valence electrons. The molecular weight excluding hydrogens is 374 g/mol. The first-order chi connectivity index (χ1) is 13.4. The highest BCUT2D eigenvalue weighted by Gasteiger charge is 2.25. The molecule has 1 unspecified atom stereocenters. The molecule has 3 aromatic rings. The second-order valence-electron chi connectivity index (χ2n) is 6.62. The van der Waals surface area contributed by atoms with Gasteiger partial charge in [0, 0.05) is 19.4 Å². The lowest BCUT2D eigenvalue weighted by atomic mass is 10.1. The van der Waals surface area contributed by atoms with E-state index >= 15 is 0 Å². The quantitative estimate of drug-likeness (QED) is 0.630. The Kier molecular flexibility index (Phi) is 6.16. The molecule has 7 heteroatoms. The molecule has 6 nitrogen and oxygen atoms in total. The molecule has 0 aliphatic heterocycles. The highest BCUT2D eigenvalue weighted by Crippen LogP contribution is 2.25. The van der Waals surface area contributed by atoms with Crippen LogP contribution in [0.1, 0.15) is 36.3 Å². The molecule has 1 heterocycles.